The molecule has 0 atom stereocenters. The van der Waals surface area contributed by atoms with Crippen LogP contribution in [0.2, 0.25) is 0 Å². The lowest BCUT2D eigenvalue weighted by Crippen LogP contribution is -2.25. The van der Waals surface area contributed by atoms with Crippen LogP contribution in [0.25, 0.3) is 5.69 Å². The van der Waals surface area contributed by atoms with Gasteiger partial charge in [-0.3, -0.25) is 15.0 Å². The molecule has 3 rings (SSSR count). The molecule has 6 nitrogen and oxygen atoms in total. The fourth-order valence-electron chi connectivity index (χ4n) is 4.35. The molecule has 0 saturated heterocycles. The van der Waals surface area contributed by atoms with E-state index in [0.717, 1.165) is 46.0 Å². The van der Waals surface area contributed by atoms with Crippen LogP contribution < -0.4 is 5.73 Å². The van der Waals surface area contributed by atoms with Gasteiger partial charge in [0.05, 0.1) is 28.5 Å². The largest absolute Gasteiger partial charge is 0.402 e. The Morgan fingerprint density at radius 3 is 2.05 bits per heavy atom. The van der Waals surface area contributed by atoms with Gasteiger partial charge in [0.15, 0.2) is 0 Å². The second-order valence-electron chi connectivity index (χ2n) is 11.9. The molecule has 0 aliphatic rings. The first kappa shape index (κ1) is 29.8. The van der Waals surface area contributed by atoms with Crippen LogP contribution in [0.5, 0.6) is 0 Å². The summed E-state index contributed by atoms with van der Waals surface area (Å²) in [6.45, 7) is 18.4. The molecule has 1 aromatic heterocycles. The van der Waals surface area contributed by atoms with Gasteiger partial charge in [0.1, 0.15) is 0 Å². The van der Waals surface area contributed by atoms with Crippen LogP contribution in [0, 0.1) is 12.3 Å². The van der Waals surface area contributed by atoms with Crippen molar-refractivity contribution in [1.82, 2.24) is 9.78 Å². The van der Waals surface area contributed by atoms with Gasteiger partial charge >= 0.3 is 0 Å². The monoisotopic (exact) mass is 524 g/mol. The zero-order valence-corrected chi connectivity index (χ0v) is 24.9. The molecule has 2 N–H and O–H groups in total. The Balaban J connectivity index is 1.71. The molecule has 0 aliphatic carbocycles. The Morgan fingerprint density at radius 2 is 1.49 bits per heavy atom. The summed E-state index contributed by atoms with van der Waals surface area (Å²) in [5.41, 5.74) is 13.7. The molecule has 6 heteroatoms. The van der Waals surface area contributed by atoms with Crippen molar-refractivity contribution >= 4 is 23.8 Å². The molecule has 0 radical (unpaired) electrons. The highest BCUT2D eigenvalue weighted by atomic mass is 15.3. The highest BCUT2D eigenvalue weighted by molar-refractivity contribution is 6.19. The molecule has 0 amide bonds. The molecule has 3 aromatic rings. The average molecular weight is 525 g/mol. The topological polar surface area (TPSA) is 80.9 Å². The molecule has 2 aromatic carbocycles. The molecular formula is C33H44N6. The van der Waals surface area contributed by atoms with Gasteiger partial charge in [-0.1, -0.05) is 77.9 Å². The highest BCUT2D eigenvalue weighted by Gasteiger charge is 2.26. The predicted molar refractivity (Wildman–Crippen MR) is 167 cm³/mol. The Hall–Kier alpha value is -3.80. The van der Waals surface area contributed by atoms with Crippen molar-refractivity contribution in [3.63, 3.8) is 0 Å². The number of hydrogen-bond donors (Lipinski definition) is 1. The van der Waals surface area contributed by atoms with Crippen LogP contribution in [0.3, 0.4) is 0 Å². The van der Waals surface area contributed by atoms with Crippen LogP contribution in [0.15, 0.2) is 86.9 Å². The van der Waals surface area contributed by atoms with E-state index in [4.69, 9.17) is 25.8 Å². The maximum Gasteiger partial charge on any atom is 0.0689 e. The summed E-state index contributed by atoms with van der Waals surface area (Å²) < 4.78 is 2.05. The van der Waals surface area contributed by atoms with Crippen LogP contribution in [0.4, 0.5) is 5.69 Å². The normalized spacial score (nSPS) is 13.9. The third-order valence-electron chi connectivity index (χ3n) is 6.22. The lowest BCUT2D eigenvalue weighted by Gasteiger charge is -2.23. The Bertz CT molecular complexity index is 1340. The van der Waals surface area contributed by atoms with Gasteiger partial charge in [-0.2, -0.15) is 5.10 Å². The minimum absolute atomic E-state index is 0.0857. The Morgan fingerprint density at radius 1 is 0.897 bits per heavy atom. The van der Waals surface area contributed by atoms with Crippen LogP contribution in [-0.2, 0) is 5.41 Å². The quantitative estimate of drug-likeness (QED) is 0.234. The molecule has 206 valence electrons. The smallest absolute Gasteiger partial charge is 0.0689 e. The lowest BCUT2D eigenvalue weighted by molar-refractivity contribution is 0.543. The van der Waals surface area contributed by atoms with E-state index in [0.29, 0.717) is 18.8 Å². The van der Waals surface area contributed by atoms with Crippen LogP contribution >= 0.6 is 0 Å². The fraction of sp³-hybridized carbons (Fsp3) is 0.394. The summed E-state index contributed by atoms with van der Waals surface area (Å²) >= 11 is 0. The summed E-state index contributed by atoms with van der Waals surface area (Å²) in [5, 5.41) is 4.85. The predicted octanol–water partition coefficient (Wildman–Crippen LogP) is 7.41. The van der Waals surface area contributed by atoms with Gasteiger partial charge < -0.3 is 5.73 Å². The second-order valence-corrected chi connectivity index (χ2v) is 11.9. The molecule has 1 heterocycles. The van der Waals surface area contributed by atoms with Crippen molar-refractivity contribution in [2.45, 2.75) is 67.2 Å². The molecule has 0 fully saturated rings. The number of aryl methyl sites for hydroxylation is 1. The summed E-state index contributed by atoms with van der Waals surface area (Å²) in [7, 11) is 0. The summed E-state index contributed by atoms with van der Waals surface area (Å²) in [4.78, 5) is 14.4. The van der Waals surface area contributed by atoms with E-state index in [1.165, 1.54) is 0 Å². The molecular weight excluding hydrogens is 480 g/mol. The zero-order chi connectivity index (χ0) is 28.6. The molecule has 0 bridgehead atoms. The number of rotatable bonds is 9. The first-order valence-electron chi connectivity index (χ1n) is 13.7. The van der Waals surface area contributed by atoms with Crippen molar-refractivity contribution in [2.75, 3.05) is 13.1 Å². The van der Waals surface area contributed by atoms with Crippen molar-refractivity contribution in [3.8, 4) is 5.69 Å². The van der Waals surface area contributed by atoms with Gasteiger partial charge in [0, 0.05) is 53.2 Å². The number of benzene rings is 2. The SMILES string of the molecule is CC(N)=C(C=NCCCN=Cc1c(C)nn(-c2ccccc2)c1C(C)(C)C)C(=Nc1ccccc1)C(C)(C)C. The number of allylic oxidation sites excluding steroid dienone is 2. The Labute approximate surface area is 234 Å². The van der Waals surface area contributed by atoms with E-state index in [1.807, 2.05) is 79.5 Å². The van der Waals surface area contributed by atoms with Gasteiger partial charge in [-0.05, 0) is 44.5 Å². The molecule has 0 spiro atoms. The number of nitrogens with two attached hydrogens (primary N) is 1. The highest BCUT2D eigenvalue weighted by Crippen LogP contribution is 2.29. The number of aromatic nitrogens is 2. The maximum absolute atomic E-state index is 6.30. The van der Waals surface area contributed by atoms with Crippen LogP contribution in [0.1, 0.15) is 71.8 Å². The minimum atomic E-state index is -0.186. The van der Waals surface area contributed by atoms with E-state index in [1.54, 1.807) is 0 Å². The number of hydrogen-bond acceptors (Lipinski definition) is 5. The molecule has 0 aliphatic heterocycles. The van der Waals surface area contributed by atoms with E-state index in [9.17, 15) is 0 Å². The van der Waals surface area contributed by atoms with Gasteiger partial charge in [0.25, 0.3) is 0 Å². The second kappa shape index (κ2) is 12.8. The fourth-order valence-corrected chi connectivity index (χ4v) is 4.35. The first-order chi connectivity index (χ1) is 18.4. The maximum atomic E-state index is 6.30. The van der Waals surface area contributed by atoms with Crippen molar-refractivity contribution < 1.29 is 0 Å². The van der Waals surface area contributed by atoms with E-state index in [2.05, 4.69) is 53.7 Å². The number of para-hydroxylation sites is 2. The number of aliphatic imine (C=N–C) groups is 3. The summed E-state index contributed by atoms with van der Waals surface area (Å²) in [5.74, 6) is 0. The molecule has 0 unspecified atom stereocenters. The third kappa shape index (κ3) is 8.09. The van der Waals surface area contributed by atoms with Gasteiger partial charge in [0.2, 0.25) is 0 Å². The average Bonchev–Trinajstić information content (AvgIpc) is 3.21. The standard InChI is InChI=1S/C33H44N6/c1-24(34)28(30(32(3,4)5)37-26-16-11-9-12-17-26)22-35-20-15-21-36-23-29-25(2)38-39(31(29)33(6,7)8)27-18-13-10-14-19-27/h9-14,16-19,22-23H,15,20-21,34H2,1-8H3. The zero-order valence-electron chi connectivity index (χ0n) is 24.9. The summed E-state index contributed by atoms with van der Waals surface area (Å²) in [6.07, 6.45) is 4.69. The van der Waals surface area contributed by atoms with E-state index < -0.39 is 0 Å². The van der Waals surface area contributed by atoms with Gasteiger partial charge in [-0.15, -0.1) is 0 Å². The van der Waals surface area contributed by atoms with Crippen molar-refractivity contribution in [2.24, 2.45) is 26.1 Å². The molecule has 39 heavy (non-hydrogen) atoms. The molecule has 0 saturated carbocycles. The minimum Gasteiger partial charge on any atom is -0.402 e. The van der Waals surface area contributed by atoms with E-state index >= 15 is 0 Å². The first-order valence-corrected chi connectivity index (χ1v) is 13.7. The van der Waals surface area contributed by atoms with E-state index in [-0.39, 0.29) is 10.8 Å². The number of nitrogens with zero attached hydrogens (tertiary/aromatic N) is 5. The van der Waals surface area contributed by atoms with Crippen LogP contribution in [-0.4, -0.2) is 41.0 Å². The van der Waals surface area contributed by atoms with Crippen molar-refractivity contribution in [3.05, 3.63) is 88.9 Å². The Kier molecular flexibility index (Phi) is 9.79. The third-order valence-corrected chi connectivity index (χ3v) is 6.22. The van der Waals surface area contributed by atoms with Crippen molar-refractivity contribution in [1.29, 1.82) is 0 Å². The van der Waals surface area contributed by atoms with Gasteiger partial charge in [-0.25, -0.2) is 4.68 Å². The summed E-state index contributed by atoms with van der Waals surface area (Å²) in [6, 6.07) is 20.2. The lowest BCUT2D eigenvalue weighted by atomic mass is 9.84.